The van der Waals surface area contributed by atoms with Gasteiger partial charge in [-0.1, -0.05) is 0 Å². The van der Waals surface area contributed by atoms with Crippen molar-refractivity contribution in [3.8, 4) is 0 Å². The molecular weight excluding hydrogens is 436 g/mol. The van der Waals surface area contributed by atoms with E-state index in [4.69, 9.17) is 0 Å². The van der Waals surface area contributed by atoms with Gasteiger partial charge >= 0.3 is 210 Å². The molecular formula is C30H50N2Ti. The molecule has 2 aromatic carbocycles. The van der Waals surface area contributed by atoms with E-state index in [0.29, 0.717) is 0 Å². The fourth-order valence-electron chi connectivity index (χ4n) is 5.01. The summed E-state index contributed by atoms with van der Waals surface area (Å²) in [4.78, 5) is 0. The third-order valence-corrected chi connectivity index (χ3v) is 15.1. The first-order chi connectivity index (χ1) is 16.2. The normalized spacial score (nSPS) is 12.1. The molecule has 0 amide bonds. The van der Waals surface area contributed by atoms with Gasteiger partial charge in [-0.3, -0.25) is 0 Å². The van der Waals surface area contributed by atoms with Gasteiger partial charge in [0.15, 0.2) is 0 Å². The van der Waals surface area contributed by atoms with Gasteiger partial charge in [-0.2, -0.15) is 0 Å². The van der Waals surface area contributed by atoms with Crippen LogP contribution in [0.15, 0.2) is 60.7 Å². The van der Waals surface area contributed by atoms with Crippen molar-refractivity contribution < 1.29 is 17.1 Å². The van der Waals surface area contributed by atoms with Crippen molar-refractivity contribution >= 4 is 0 Å². The zero-order chi connectivity index (χ0) is 23.8. The predicted molar refractivity (Wildman–Crippen MR) is 143 cm³/mol. The molecule has 0 aliphatic carbocycles. The molecule has 184 valence electrons. The van der Waals surface area contributed by atoms with Crippen molar-refractivity contribution in [2.45, 2.75) is 88.5 Å². The van der Waals surface area contributed by atoms with Crippen LogP contribution in [0.25, 0.3) is 0 Å². The summed E-state index contributed by atoms with van der Waals surface area (Å²) in [5.41, 5.74) is 3.09. The van der Waals surface area contributed by atoms with E-state index < -0.39 is 17.1 Å². The van der Waals surface area contributed by atoms with E-state index in [0.717, 1.165) is 0 Å². The summed E-state index contributed by atoms with van der Waals surface area (Å²) in [5, 5.41) is 0. The van der Waals surface area contributed by atoms with Crippen LogP contribution < -0.4 is 0 Å². The van der Waals surface area contributed by atoms with Gasteiger partial charge < -0.3 is 0 Å². The molecule has 0 spiro atoms. The van der Waals surface area contributed by atoms with Crippen LogP contribution in [-0.4, -0.2) is 32.9 Å². The Balaban J connectivity index is 2.61. The molecule has 0 aliphatic heterocycles. The Morgan fingerprint density at radius 2 is 0.788 bits per heavy atom. The average Bonchev–Trinajstić information content (AvgIpc) is 2.85. The molecule has 3 heteroatoms. The Morgan fingerprint density at radius 3 is 1.06 bits per heavy atom. The monoisotopic (exact) mass is 486 g/mol. The van der Waals surface area contributed by atoms with Crippen molar-refractivity contribution in [1.29, 1.82) is 0 Å². The Kier molecular flexibility index (Phi) is 14.3. The predicted octanol–water partition coefficient (Wildman–Crippen LogP) is 8.18. The van der Waals surface area contributed by atoms with Gasteiger partial charge in [-0.15, -0.1) is 0 Å². The second-order valence-electron chi connectivity index (χ2n) is 9.70. The molecule has 0 heterocycles. The summed E-state index contributed by atoms with van der Waals surface area (Å²) < 4.78 is 8.71. The van der Waals surface area contributed by atoms with Gasteiger partial charge in [0.05, 0.1) is 0 Å². The van der Waals surface area contributed by atoms with E-state index in [1.54, 1.807) is 11.1 Å². The molecule has 0 N–H and O–H groups in total. The minimum absolute atomic E-state index is 1.27. The number of rotatable bonds is 18. The van der Waals surface area contributed by atoms with Gasteiger partial charge in [0.1, 0.15) is 0 Å². The summed E-state index contributed by atoms with van der Waals surface area (Å²) in [7, 11) is 0. The number of unbranched alkanes of at least 4 members (excludes halogenated alkanes) is 4. The number of nitrogens with zero attached hydrogens (tertiary/aromatic N) is 2. The number of hydrogen-bond donors (Lipinski definition) is 0. The van der Waals surface area contributed by atoms with E-state index >= 15 is 0 Å². The Bertz CT molecular complexity index is 639. The number of hydrogen-bond acceptors (Lipinski definition) is 2. The van der Waals surface area contributed by atoms with Crippen molar-refractivity contribution in [3.63, 3.8) is 0 Å². The SMILES string of the molecule is CCCC[N](CCCC)[Ti]([CH2]c1ccccc1)([CH2]c1ccccc1)[N](CCCC)CCCC. The van der Waals surface area contributed by atoms with E-state index in [9.17, 15) is 0 Å². The topological polar surface area (TPSA) is 6.48 Å². The Labute approximate surface area is 209 Å². The molecule has 2 rings (SSSR count). The fourth-order valence-corrected chi connectivity index (χ4v) is 13.6. The van der Waals surface area contributed by atoms with Gasteiger partial charge in [0, 0.05) is 0 Å². The zero-order valence-electron chi connectivity index (χ0n) is 22.1. The van der Waals surface area contributed by atoms with Crippen molar-refractivity contribution in [2.24, 2.45) is 0 Å². The van der Waals surface area contributed by atoms with E-state index in [-0.39, 0.29) is 0 Å². The van der Waals surface area contributed by atoms with Crippen molar-refractivity contribution in [3.05, 3.63) is 71.8 Å². The van der Waals surface area contributed by atoms with Crippen LogP contribution in [0.1, 0.15) is 90.2 Å². The van der Waals surface area contributed by atoms with E-state index in [1.807, 2.05) is 0 Å². The van der Waals surface area contributed by atoms with Gasteiger partial charge in [-0.25, -0.2) is 0 Å². The van der Waals surface area contributed by atoms with Crippen molar-refractivity contribution in [2.75, 3.05) is 26.2 Å². The average molecular weight is 487 g/mol. The van der Waals surface area contributed by atoms with Crippen molar-refractivity contribution in [1.82, 2.24) is 6.76 Å². The maximum absolute atomic E-state index is 3.08. The quantitative estimate of drug-likeness (QED) is 0.196. The van der Waals surface area contributed by atoms with Crippen LogP contribution in [0, 0.1) is 0 Å². The molecule has 2 aromatic rings. The summed E-state index contributed by atoms with van der Waals surface area (Å²) in [6.07, 6.45) is 10.4. The first-order valence-corrected chi connectivity index (χ1v) is 17.4. The van der Waals surface area contributed by atoms with Crippen LogP contribution in [-0.2, 0) is 26.6 Å². The van der Waals surface area contributed by atoms with Crippen LogP contribution in [0.5, 0.6) is 0 Å². The molecule has 0 bridgehead atoms. The summed E-state index contributed by atoms with van der Waals surface area (Å²) in [6.45, 7) is 14.5. The molecule has 0 saturated heterocycles. The molecule has 33 heavy (non-hydrogen) atoms. The standard InChI is InChI=1S/2C8H18N.2C7H7.Ti/c2*1-3-5-7-9-8-6-4-2;2*1-7-5-3-2-4-6-7;/h2*3-8H2,1-2H3;2*2-6H,1H2;/q2*-1;;;+2. The molecule has 2 nitrogen and oxygen atoms in total. The zero-order valence-corrected chi connectivity index (χ0v) is 23.6. The molecule has 0 saturated carbocycles. The third kappa shape index (κ3) is 9.33. The Hall–Kier alpha value is -0.926. The second-order valence-corrected chi connectivity index (χ2v) is 15.8. The van der Waals surface area contributed by atoms with Crippen LogP contribution >= 0.6 is 0 Å². The summed E-state index contributed by atoms with van der Waals surface area (Å²) >= 11 is -2.73. The first kappa shape index (κ1) is 28.3. The molecule has 0 aliphatic rings. The maximum atomic E-state index is 3.08. The summed E-state index contributed by atoms with van der Waals surface area (Å²) in [5.74, 6) is 0. The van der Waals surface area contributed by atoms with Crippen LogP contribution in [0.4, 0.5) is 0 Å². The minimum atomic E-state index is -2.73. The third-order valence-electron chi connectivity index (χ3n) is 6.96. The van der Waals surface area contributed by atoms with Gasteiger partial charge in [0.2, 0.25) is 0 Å². The van der Waals surface area contributed by atoms with Gasteiger partial charge in [-0.05, 0) is 0 Å². The molecule has 0 unspecified atom stereocenters. The second kappa shape index (κ2) is 16.7. The molecule has 0 radical (unpaired) electrons. The molecule has 0 aromatic heterocycles. The Morgan fingerprint density at radius 1 is 0.485 bits per heavy atom. The number of benzene rings is 2. The summed E-state index contributed by atoms with van der Waals surface area (Å²) in [6, 6.07) is 22.9. The van der Waals surface area contributed by atoms with Crippen LogP contribution in [0.2, 0.25) is 0 Å². The van der Waals surface area contributed by atoms with E-state index in [1.165, 1.54) is 87.0 Å². The van der Waals surface area contributed by atoms with E-state index in [2.05, 4.69) is 95.1 Å². The first-order valence-electron chi connectivity index (χ1n) is 13.8. The molecule has 0 fully saturated rings. The van der Waals surface area contributed by atoms with Gasteiger partial charge in [0.25, 0.3) is 0 Å². The fraction of sp³-hybridized carbons (Fsp3) is 0.600. The van der Waals surface area contributed by atoms with Crippen LogP contribution in [0.3, 0.4) is 0 Å². The molecule has 0 atom stereocenters.